The third kappa shape index (κ3) is 4.16. The number of rotatable bonds is 6. The summed E-state index contributed by atoms with van der Waals surface area (Å²) in [4.78, 5) is 15.1. The molecule has 0 bridgehead atoms. The molecule has 0 saturated heterocycles. The zero-order valence-corrected chi connectivity index (χ0v) is 9.53. The number of methoxy groups -OCH3 is 1. The van der Waals surface area contributed by atoms with Crippen LogP contribution in [-0.2, 0) is 9.53 Å². The van der Waals surface area contributed by atoms with E-state index in [1.807, 2.05) is 0 Å². The predicted octanol–water partition coefficient (Wildman–Crippen LogP) is 1.46. The van der Waals surface area contributed by atoms with Gasteiger partial charge in [-0.05, 0) is 19.1 Å². The van der Waals surface area contributed by atoms with Crippen molar-refractivity contribution in [2.24, 2.45) is 0 Å². The van der Waals surface area contributed by atoms with Crippen LogP contribution in [0.25, 0.3) is 0 Å². The first-order valence-electron chi connectivity index (χ1n) is 5.15. The number of hydrogen-bond acceptors (Lipinski definition) is 5. The van der Waals surface area contributed by atoms with Gasteiger partial charge in [-0.15, -0.1) is 0 Å². The average molecular weight is 224 g/mol. The summed E-state index contributed by atoms with van der Waals surface area (Å²) >= 11 is 0. The highest BCUT2D eigenvalue weighted by molar-refractivity contribution is 5.69. The molecule has 0 aliphatic carbocycles. The van der Waals surface area contributed by atoms with Crippen LogP contribution < -0.4 is 10.1 Å². The molecule has 0 saturated carbocycles. The molecule has 0 amide bonds. The Balaban J connectivity index is 2.29. The van der Waals surface area contributed by atoms with Crippen molar-refractivity contribution in [1.82, 2.24) is 4.98 Å². The van der Waals surface area contributed by atoms with E-state index < -0.39 is 0 Å². The molecule has 0 aliphatic heterocycles. The first-order chi connectivity index (χ1) is 7.76. The van der Waals surface area contributed by atoms with Crippen LogP contribution in [0.4, 0.5) is 5.82 Å². The smallest absolute Gasteiger partial charge is 0.307 e. The minimum absolute atomic E-state index is 0.205. The SMILES string of the molecule is CCOC(=O)CCNc1ccc(OC)cn1. The van der Waals surface area contributed by atoms with E-state index in [9.17, 15) is 4.79 Å². The van der Waals surface area contributed by atoms with Gasteiger partial charge < -0.3 is 14.8 Å². The Kier molecular flexibility index (Phi) is 5.11. The summed E-state index contributed by atoms with van der Waals surface area (Å²) in [6, 6.07) is 3.60. The van der Waals surface area contributed by atoms with Crippen LogP contribution in [-0.4, -0.2) is 31.2 Å². The standard InChI is InChI=1S/C11H16N2O3/c1-3-16-11(14)6-7-12-10-5-4-9(15-2)8-13-10/h4-5,8H,3,6-7H2,1-2H3,(H,12,13). The monoisotopic (exact) mass is 224 g/mol. The second-order valence-electron chi connectivity index (χ2n) is 3.07. The zero-order chi connectivity index (χ0) is 11.8. The Bertz CT molecular complexity index is 325. The minimum atomic E-state index is -0.205. The predicted molar refractivity (Wildman–Crippen MR) is 60.5 cm³/mol. The zero-order valence-electron chi connectivity index (χ0n) is 9.53. The van der Waals surface area contributed by atoms with Crippen LogP contribution in [0.5, 0.6) is 5.75 Å². The molecule has 0 atom stereocenters. The molecule has 0 fully saturated rings. The lowest BCUT2D eigenvalue weighted by Gasteiger charge is -2.05. The van der Waals surface area contributed by atoms with E-state index in [0.29, 0.717) is 31.1 Å². The molecule has 1 rings (SSSR count). The minimum Gasteiger partial charge on any atom is -0.495 e. The summed E-state index contributed by atoms with van der Waals surface area (Å²) < 4.78 is 9.78. The molecular weight excluding hydrogens is 208 g/mol. The van der Waals surface area contributed by atoms with Gasteiger partial charge in [0.25, 0.3) is 0 Å². The van der Waals surface area contributed by atoms with Crippen LogP contribution >= 0.6 is 0 Å². The fourth-order valence-electron chi connectivity index (χ4n) is 1.13. The lowest BCUT2D eigenvalue weighted by atomic mass is 10.4. The van der Waals surface area contributed by atoms with Crippen LogP contribution in [0.15, 0.2) is 18.3 Å². The molecule has 0 aliphatic rings. The van der Waals surface area contributed by atoms with Gasteiger partial charge >= 0.3 is 5.97 Å². The molecule has 0 aromatic carbocycles. The Labute approximate surface area is 94.8 Å². The number of carbonyl (C=O) groups excluding carboxylic acids is 1. The molecule has 1 heterocycles. The number of aromatic nitrogens is 1. The van der Waals surface area contributed by atoms with Crippen molar-refractivity contribution in [3.63, 3.8) is 0 Å². The molecule has 16 heavy (non-hydrogen) atoms. The van der Waals surface area contributed by atoms with Gasteiger partial charge in [0, 0.05) is 6.54 Å². The molecule has 5 nitrogen and oxygen atoms in total. The van der Waals surface area contributed by atoms with Gasteiger partial charge in [0.1, 0.15) is 11.6 Å². The normalized spacial score (nSPS) is 9.62. The topological polar surface area (TPSA) is 60.5 Å². The molecule has 1 N–H and O–H groups in total. The van der Waals surface area contributed by atoms with E-state index in [-0.39, 0.29) is 5.97 Å². The number of carbonyl (C=O) groups is 1. The van der Waals surface area contributed by atoms with Crippen molar-refractivity contribution in [2.45, 2.75) is 13.3 Å². The number of hydrogen-bond donors (Lipinski definition) is 1. The molecule has 1 aromatic rings. The van der Waals surface area contributed by atoms with Crippen LogP contribution in [0.2, 0.25) is 0 Å². The van der Waals surface area contributed by atoms with E-state index >= 15 is 0 Å². The van der Waals surface area contributed by atoms with Crippen molar-refractivity contribution in [1.29, 1.82) is 0 Å². The number of esters is 1. The lowest BCUT2D eigenvalue weighted by molar-refractivity contribution is -0.142. The Morgan fingerprint density at radius 3 is 2.88 bits per heavy atom. The van der Waals surface area contributed by atoms with Gasteiger partial charge in [-0.2, -0.15) is 0 Å². The highest BCUT2D eigenvalue weighted by Crippen LogP contribution is 2.10. The van der Waals surface area contributed by atoms with E-state index in [0.717, 1.165) is 0 Å². The van der Waals surface area contributed by atoms with Gasteiger partial charge in [-0.1, -0.05) is 0 Å². The Morgan fingerprint density at radius 1 is 1.50 bits per heavy atom. The van der Waals surface area contributed by atoms with E-state index in [2.05, 4.69) is 10.3 Å². The summed E-state index contributed by atoms with van der Waals surface area (Å²) in [6.45, 7) is 2.72. The molecule has 0 spiro atoms. The summed E-state index contributed by atoms with van der Waals surface area (Å²) in [6.07, 6.45) is 1.95. The molecule has 0 radical (unpaired) electrons. The quantitative estimate of drug-likeness (QED) is 0.741. The summed E-state index contributed by atoms with van der Waals surface area (Å²) in [5, 5.41) is 3.02. The third-order valence-electron chi connectivity index (χ3n) is 1.91. The first-order valence-corrected chi connectivity index (χ1v) is 5.15. The van der Waals surface area contributed by atoms with Gasteiger partial charge in [-0.3, -0.25) is 4.79 Å². The third-order valence-corrected chi connectivity index (χ3v) is 1.91. The van der Waals surface area contributed by atoms with E-state index in [1.54, 1.807) is 32.4 Å². The largest absolute Gasteiger partial charge is 0.495 e. The first kappa shape index (κ1) is 12.3. The fourth-order valence-corrected chi connectivity index (χ4v) is 1.13. The average Bonchev–Trinajstić information content (AvgIpc) is 2.30. The maximum atomic E-state index is 11.0. The van der Waals surface area contributed by atoms with Gasteiger partial charge in [0.05, 0.1) is 26.3 Å². The second-order valence-corrected chi connectivity index (χ2v) is 3.07. The van der Waals surface area contributed by atoms with Gasteiger partial charge in [0.2, 0.25) is 0 Å². The fraction of sp³-hybridized carbons (Fsp3) is 0.455. The van der Waals surface area contributed by atoms with Crippen molar-refractivity contribution < 1.29 is 14.3 Å². The highest BCUT2D eigenvalue weighted by Gasteiger charge is 2.01. The van der Waals surface area contributed by atoms with Crippen LogP contribution in [0, 0.1) is 0 Å². The summed E-state index contributed by atoms with van der Waals surface area (Å²) in [5.74, 6) is 1.21. The Hall–Kier alpha value is -1.78. The van der Waals surface area contributed by atoms with Gasteiger partial charge in [-0.25, -0.2) is 4.98 Å². The van der Waals surface area contributed by atoms with Crippen molar-refractivity contribution in [2.75, 3.05) is 25.6 Å². The summed E-state index contributed by atoms with van der Waals surface area (Å²) in [7, 11) is 1.59. The number of nitrogens with one attached hydrogen (secondary N) is 1. The maximum Gasteiger partial charge on any atom is 0.307 e. The lowest BCUT2D eigenvalue weighted by Crippen LogP contribution is -2.11. The number of ether oxygens (including phenoxy) is 2. The molecular formula is C11H16N2O3. The molecule has 1 aromatic heterocycles. The molecule has 0 unspecified atom stereocenters. The van der Waals surface area contributed by atoms with E-state index in [4.69, 9.17) is 9.47 Å². The molecule has 5 heteroatoms. The van der Waals surface area contributed by atoms with Crippen molar-refractivity contribution in [3.05, 3.63) is 18.3 Å². The number of anilines is 1. The maximum absolute atomic E-state index is 11.0. The van der Waals surface area contributed by atoms with Gasteiger partial charge in [0.15, 0.2) is 0 Å². The van der Waals surface area contributed by atoms with Crippen molar-refractivity contribution >= 4 is 11.8 Å². The number of pyridine rings is 1. The highest BCUT2D eigenvalue weighted by atomic mass is 16.5. The Morgan fingerprint density at radius 2 is 2.31 bits per heavy atom. The molecule has 88 valence electrons. The summed E-state index contributed by atoms with van der Waals surface area (Å²) in [5.41, 5.74) is 0. The van der Waals surface area contributed by atoms with E-state index in [1.165, 1.54) is 0 Å². The van der Waals surface area contributed by atoms with Crippen LogP contribution in [0.3, 0.4) is 0 Å². The van der Waals surface area contributed by atoms with Crippen molar-refractivity contribution in [3.8, 4) is 5.75 Å². The van der Waals surface area contributed by atoms with Crippen LogP contribution in [0.1, 0.15) is 13.3 Å². The second kappa shape index (κ2) is 6.66. The number of nitrogens with zero attached hydrogens (tertiary/aromatic N) is 1.